The zero-order valence-electron chi connectivity index (χ0n) is 11.2. The lowest BCUT2D eigenvalue weighted by Crippen LogP contribution is -2.42. The van der Waals surface area contributed by atoms with Crippen molar-refractivity contribution in [3.05, 3.63) is 29.3 Å². The van der Waals surface area contributed by atoms with Crippen molar-refractivity contribution in [2.75, 3.05) is 0 Å². The van der Waals surface area contributed by atoms with Crippen molar-refractivity contribution >= 4 is 17.5 Å². The second-order valence-corrected chi connectivity index (χ2v) is 5.40. The Bertz CT molecular complexity index is 413. The van der Waals surface area contributed by atoms with E-state index < -0.39 is 6.10 Å². The number of nitrogens with one attached hydrogen (secondary N) is 1. The van der Waals surface area contributed by atoms with E-state index in [9.17, 15) is 4.79 Å². The standard InChI is InChI=1S/C15H20ClNO2/c1-2-14(15(18)17-12-5-3-4-6-12)19-13-9-7-11(16)8-10-13/h7-10,12,14H,2-6H2,1H3,(H,17,18)/t14-/m1/s1. The Morgan fingerprint density at radius 1 is 1.37 bits per heavy atom. The third kappa shape index (κ3) is 4.13. The van der Waals surface area contributed by atoms with E-state index in [1.54, 1.807) is 24.3 Å². The van der Waals surface area contributed by atoms with Gasteiger partial charge in [-0.3, -0.25) is 4.79 Å². The maximum Gasteiger partial charge on any atom is 0.261 e. The Balaban J connectivity index is 1.91. The van der Waals surface area contributed by atoms with Crippen molar-refractivity contribution < 1.29 is 9.53 Å². The summed E-state index contributed by atoms with van der Waals surface area (Å²) >= 11 is 5.82. The van der Waals surface area contributed by atoms with E-state index >= 15 is 0 Å². The fraction of sp³-hybridized carbons (Fsp3) is 0.533. The van der Waals surface area contributed by atoms with E-state index in [1.165, 1.54) is 12.8 Å². The highest BCUT2D eigenvalue weighted by Gasteiger charge is 2.23. The maximum atomic E-state index is 12.1. The number of hydrogen-bond donors (Lipinski definition) is 1. The molecule has 1 fully saturated rings. The molecule has 1 aromatic carbocycles. The SMILES string of the molecule is CC[C@@H](Oc1ccc(Cl)cc1)C(=O)NC1CCCC1. The molecule has 0 unspecified atom stereocenters. The van der Waals surface area contributed by atoms with Gasteiger partial charge < -0.3 is 10.1 Å². The van der Waals surface area contributed by atoms with Crippen molar-refractivity contribution in [3.63, 3.8) is 0 Å². The van der Waals surface area contributed by atoms with Gasteiger partial charge in [-0.2, -0.15) is 0 Å². The lowest BCUT2D eigenvalue weighted by atomic mass is 10.2. The fourth-order valence-corrected chi connectivity index (χ4v) is 2.49. The molecule has 1 aromatic rings. The van der Waals surface area contributed by atoms with Gasteiger partial charge >= 0.3 is 0 Å². The third-order valence-corrected chi connectivity index (χ3v) is 3.71. The van der Waals surface area contributed by atoms with E-state index in [0.717, 1.165) is 12.8 Å². The topological polar surface area (TPSA) is 38.3 Å². The quantitative estimate of drug-likeness (QED) is 0.896. The molecule has 1 atom stereocenters. The van der Waals surface area contributed by atoms with Crippen molar-refractivity contribution in [2.45, 2.75) is 51.2 Å². The Kier molecular flexibility index (Phi) is 5.08. The lowest BCUT2D eigenvalue weighted by Gasteiger charge is -2.20. The van der Waals surface area contributed by atoms with Crippen molar-refractivity contribution in [2.24, 2.45) is 0 Å². The van der Waals surface area contributed by atoms with Crippen molar-refractivity contribution in [1.82, 2.24) is 5.32 Å². The molecule has 0 radical (unpaired) electrons. The van der Waals surface area contributed by atoms with Crippen LogP contribution in [-0.4, -0.2) is 18.1 Å². The van der Waals surface area contributed by atoms with Crippen molar-refractivity contribution in [1.29, 1.82) is 0 Å². The van der Waals surface area contributed by atoms with Gasteiger partial charge in [0.1, 0.15) is 5.75 Å². The van der Waals surface area contributed by atoms with Crippen LogP contribution >= 0.6 is 11.6 Å². The summed E-state index contributed by atoms with van der Waals surface area (Å²) in [7, 11) is 0. The molecule has 1 N–H and O–H groups in total. The van der Waals surface area contributed by atoms with Crippen LogP contribution in [0, 0.1) is 0 Å². The smallest absolute Gasteiger partial charge is 0.261 e. The summed E-state index contributed by atoms with van der Waals surface area (Å²) in [6, 6.07) is 7.42. The van der Waals surface area contributed by atoms with E-state index in [-0.39, 0.29) is 5.91 Å². The van der Waals surface area contributed by atoms with E-state index in [1.807, 2.05) is 6.92 Å². The highest BCUT2D eigenvalue weighted by Crippen LogP contribution is 2.20. The van der Waals surface area contributed by atoms with Crippen LogP contribution in [0.2, 0.25) is 5.02 Å². The third-order valence-electron chi connectivity index (χ3n) is 3.46. The molecule has 0 saturated heterocycles. The van der Waals surface area contributed by atoms with Gasteiger partial charge in [0.2, 0.25) is 0 Å². The molecule has 1 aliphatic carbocycles. The summed E-state index contributed by atoms with van der Waals surface area (Å²) in [5, 5.41) is 3.73. The predicted molar refractivity (Wildman–Crippen MR) is 76.6 cm³/mol. The first-order valence-corrected chi connectivity index (χ1v) is 7.29. The average molecular weight is 282 g/mol. The molecule has 19 heavy (non-hydrogen) atoms. The van der Waals surface area contributed by atoms with Gasteiger partial charge in [0.05, 0.1) is 0 Å². The summed E-state index contributed by atoms with van der Waals surface area (Å²) in [4.78, 5) is 12.1. The van der Waals surface area contributed by atoms with Crippen molar-refractivity contribution in [3.8, 4) is 5.75 Å². The van der Waals surface area contributed by atoms with Crippen LogP contribution in [0.25, 0.3) is 0 Å². The summed E-state index contributed by atoms with van der Waals surface area (Å²) in [5.74, 6) is 0.669. The molecular formula is C15H20ClNO2. The Labute approximate surface area is 119 Å². The number of halogens is 1. The van der Waals surface area contributed by atoms with Crippen LogP contribution in [-0.2, 0) is 4.79 Å². The zero-order chi connectivity index (χ0) is 13.7. The molecule has 2 rings (SSSR count). The Hall–Kier alpha value is -1.22. The second kappa shape index (κ2) is 6.80. The number of carbonyl (C=O) groups is 1. The van der Waals surface area contributed by atoms with Crippen LogP contribution < -0.4 is 10.1 Å². The number of benzene rings is 1. The van der Waals surface area contributed by atoms with Gasteiger partial charge in [-0.05, 0) is 43.5 Å². The fourth-order valence-electron chi connectivity index (χ4n) is 2.36. The molecule has 0 heterocycles. The molecule has 104 valence electrons. The zero-order valence-corrected chi connectivity index (χ0v) is 12.0. The summed E-state index contributed by atoms with van der Waals surface area (Å²) < 4.78 is 5.72. The molecule has 0 aromatic heterocycles. The van der Waals surface area contributed by atoms with Gasteiger partial charge in [0, 0.05) is 11.1 Å². The first-order valence-electron chi connectivity index (χ1n) is 6.91. The molecule has 0 aliphatic heterocycles. The van der Waals surface area contributed by atoms with Crippen LogP contribution in [0.5, 0.6) is 5.75 Å². The van der Waals surface area contributed by atoms with Gasteiger partial charge in [0.15, 0.2) is 6.10 Å². The van der Waals surface area contributed by atoms with Gasteiger partial charge in [-0.1, -0.05) is 31.4 Å². The van der Waals surface area contributed by atoms with E-state index in [2.05, 4.69) is 5.32 Å². The van der Waals surface area contributed by atoms with Crippen LogP contribution in [0.4, 0.5) is 0 Å². The van der Waals surface area contributed by atoms with E-state index in [4.69, 9.17) is 16.3 Å². The minimum Gasteiger partial charge on any atom is -0.481 e. The molecule has 0 spiro atoms. The minimum atomic E-state index is -0.429. The summed E-state index contributed by atoms with van der Waals surface area (Å²) in [6.07, 6.45) is 4.81. The predicted octanol–water partition coefficient (Wildman–Crippen LogP) is 3.56. The normalized spacial score (nSPS) is 17.2. The summed E-state index contributed by atoms with van der Waals surface area (Å²) in [5.41, 5.74) is 0. The molecule has 1 aliphatic rings. The number of amides is 1. The average Bonchev–Trinajstić information content (AvgIpc) is 2.90. The largest absolute Gasteiger partial charge is 0.481 e. The maximum absolute atomic E-state index is 12.1. The Morgan fingerprint density at radius 3 is 2.58 bits per heavy atom. The Morgan fingerprint density at radius 2 is 2.00 bits per heavy atom. The van der Waals surface area contributed by atoms with Crippen LogP contribution in [0.15, 0.2) is 24.3 Å². The number of carbonyl (C=O) groups excluding carboxylic acids is 1. The van der Waals surface area contributed by atoms with Crippen LogP contribution in [0.1, 0.15) is 39.0 Å². The highest BCUT2D eigenvalue weighted by molar-refractivity contribution is 6.30. The molecule has 1 amide bonds. The first kappa shape index (κ1) is 14.2. The molecule has 1 saturated carbocycles. The number of rotatable bonds is 5. The first-order chi connectivity index (χ1) is 9.19. The molecule has 4 heteroatoms. The van der Waals surface area contributed by atoms with Crippen LogP contribution in [0.3, 0.4) is 0 Å². The number of hydrogen-bond acceptors (Lipinski definition) is 2. The second-order valence-electron chi connectivity index (χ2n) is 4.96. The van der Waals surface area contributed by atoms with Gasteiger partial charge in [-0.15, -0.1) is 0 Å². The summed E-state index contributed by atoms with van der Waals surface area (Å²) in [6.45, 7) is 1.95. The van der Waals surface area contributed by atoms with Gasteiger partial charge in [0.25, 0.3) is 5.91 Å². The monoisotopic (exact) mass is 281 g/mol. The minimum absolute atomic E-state index is 0.00986. The van der Waals surface area contributed by atoms with E-state index in [0.29, 0.717) is 23.2 Å². The van der Waals surface area contributed by atoms with Gasteiger partial charge in [-0.25, -0.2) is 0 Å². The molecule has 3 nitrogen and oxygen atoms in total. The number of ether oxygens (including phenoxy) is 1. The molecule has 0 bridgehead atoms. The molecular weight excluding hydrogens is 262 g/mol. The lowest BCUT2D eigenvalue weighted by molar-refractivity contribution is -0.128. The highest BCUT2D eigenvalue weighted by atomic mass is 35.5.